The maximum Gasteiger partial charge on any atom is 0.407 e. The molecule has 7 heteroatoms. The molecular formula is C19H19NO6. The van der Waals surface area contributed by atoms with Crippen molar-refractivity contribution in [2.75, 3.05) is 13.2 Å². The first-order chi connectivity index (χ1) is 12.6. The van der Waals surface area contributed by atoms with E-state index in [-0.39, 0.29) is 13.0 Å². The van der Waals surface area contributed by atoms with Crippen molar-refractivity contribution in [3.05, 3.63) is 59.7 Å². The summed E-state index contributed by atoms with van der Waals surface area (Å²) in [5.74, 6) is 0.0950. The number of hydrogen-bond donors (Lipinski definition) is 2. The van der Waals surface area contributed by atoms with Crippen LogP contribution in [0.15, 0.2) is 48.5 Å². The van der Waals surface area contributed by atoms with Crippen molar-refractivity contribution in [3.8, 4) is 11.5 Å². The van der Waals surface area contributed by atoms with E-state index >= 15 is 0 Å². The topological polar surface area (TPSA) is 94.1 Å². The van der Waals surface area contributed by atoms with Crippen molar-refractivity contribution < 1.29 is 28.9 Å². The van der Waals surface area contributed by atoms with E-state index in [1.54, 1.807) is 18.2 Å². The van der Waals surface area contributed by atoms with Crippen LogP contribution in [0.1, 0.15) is 23.6 Å². The molecule has 0 radical (unpaired) electrons. The summed E-state index contributed by atoms with van der Waals surface area (Å²) in [5, 5.41) is 11.8. The van der Waals surface area contributed by atoms with Crippen molar-refractivity contribution in [2.45, 2.75) is 19.1 Å². The molecule has 2 aromatic carbocycles. The molecule has 0 bridgehead atoms. The smallest absolute Gasteiger partial charge is 0.407 e. The number of hydrogen-bond acceptors (Lipinski definition) is 5. The minimum Gasteiger partial charge on any atom is -0.486 e. The number of nitrogens with one attached hydrogen (secondary N) is 1. The van der Waals surface area contributed by atoms with Gasteiger partial charge in [-0.15, -0.1) is 0 Å². The van der Waals surface area contributed by atoms with Crippen LogP contribution in [-0.2, 0) is 16.1 Å². The number of carbonyl (C=O) groups is 2. The third-order valence-electron chi connectivity index (χ3n) is 3.85. The summed E-state index contributed by atoms with van der Waals surface area (Å²) in [7, 11) is 0. The van der Waals surface area contributed by atoms with E-state index in [9.17, 15) is 9.59 Å². The number of fused-ring (bicyclic) bond motifs is 1. The Bertz CT molecular complexity index is 777. The highest BCUT2D eigenvalue weighted by atomic mass is 16.6. The average molecular weight is 357 g/mol. The number of carboxylic acids is 1. The van der Waals surface area contributed by atoms with Gasteiger partial charge in [-0.3, -0.25) is 4.79 Å². The van der Waals surface area contributed by atoms with E-state index in [1.165, 1.54) is 0 Å². The van der Waals surface area contributed by atoms with Gasteiger partial charge >= 0.3 is 12.1 Å². The second-order valence-corrected chi connectivity index (χ2v) is 5.76. The summed E-state index contributed by atoms with van der Waals surface area (Å²) in [5.41, 5.74) is 1.45. The normalized spacial score (nSPS) is 13.5. The fourth-order valence-corrected chi connectivity index (χ4v) is 2.61. The van der Waals surface area contributed by atoms with Crippen molar-refractivity contribution >= 4 is 12.1 Å². The molecule has 1 aliphatic rings. The third-order valence-corrected chi connectivity index (χ3v) is 3.85. The zero-order valence-corrected chi connectivity index (χ0v) is 14.0. The van der Waals surface area contributed by atoms with E-state index in [1.807, 2.05) is 30.3 Å². The van der Waals surface area contributed by atoms with Gasteiger partial charge in [-0.2, -0.15) is 0 Å². The Morgan fingerprint density at radius 1 is 1.08 bits per heavy atom. The van der Waals surface area contributed by atoms with Crippen molar-refractivity contribution in [2.24, 2.45) is 0 Å². The molecule has 136 valence electrons. The molecule has 0 unspecified atom stereocenters. The highest BCUT2D eigenvalue weighted by Crippen LogP contribution is 2.33. The minimum absolute atomic E-state index is 0.105. The highest BCUT2D eigenvalue weighted by Gasteiger charge is 2.21. The summed E-state index contributed by atoms with van der Waals surface area (Å²) in [6.45, 7) is 0.995. The number of carboxylic acid groups (broad SMARTS) is 1. The zero-order chi connectivity index (χ0) is 18.4. The van der Waals surface area contributed by atoms with E-state index < -0.39 is 18.1 Å². The summed E-state index contributed by atoms with van der Waals surface area (Å²) in [6, 6.07) is 13.6. The summed E-state index contributed by atoms with van der Waals surface area (Å²) in [6.07, 6.45) is -0.963. The molecule has 0 saturated heterocycles. The van der Waals surface area contributed by atoms with Crippen LogP contribution in [0.25, 0.3) is 0 Å². The van der Waals surface area contributed by atoms with E-state index in [4.69, 9.17) is 19.3 Å². The van der Waals surface area contributed by atoms with Crippen LogP contribution in [0.4, 0.5) is 4.79 Å². The number of aliphatic carboxylic acids is 1. The molecule has 2 aromatic rings. The lowest BCUT2D eigenvalue weighted by Gasteiger charge is -2.22. The molecule has 2 N–H and O–H groups in total. The maximum absolute atomic E-state index is 12.1. The Hall–Kier alpha value is -3.22. The van der Waals surface area contributed by atoms with Crippen LogP contribution >= 0.6 is 0 Å². The molecule has 0 spiro atoms. The van der Waals surface area contributed by atoms with Gasteiger partial charge in [0.25, 0.3) is 0 Å². The minimum atomic E-state index is -1.03. The van der Waals surface area contributed by atoms with Crippen molar-refractivity contribution in [1.82, 2.24) is 5.32 Å². The Morgan fingerprint density at radius 2 is 1.81 bits per heavy atom. The highest BCUT2D eigenvalue weighted by molar-refractivity contribution is 5.72. The molecule has 26 heavy (non-hydrogen) atoms. The van der Waals surface area contributed by atoms with Crippen molar-refractivity contribution in [1.29, 1.82) is 0 Å². The first-order valence-electron chi connectivity index (χ1n) is 8.20. The van der Waals surface area contributed by atoms with Gasteiger partial charge in [-0.25, -0.2) is 4.79 Å². The SMILES string of the molecule is O=C(O)C[C@@H](NC(=O)OCc1ccccc1)c1ccc2c(c1)OCCO2. The average Bonchev–Trinajstić information content (AvgIpc) is 2.66. The molecule has 1 aliphatic heterocycles. The number of alkyl carbamates (subject to hydrolysis) is 1. The molecule has 7 nitrogen and oxygen atoms in total. The Morgan fingerprint density at radius 3 is 2.54 bits per heavy atom. The molecule has 3 rings (SSSR count). The largest absolute Gasteiger partial charge is 0.486 e. The fourth-order valence-electron chi connectivity index (χ4n) is 2.61. The molecular weight excluding hydrogens is 338 g/mol. The van der Waals surface area contributed by atoms with Gasteiger partial charge in [-0.05, 0) is 23.3 Å². The lowest BCUT2D eigenvalue weighted by molar-refractivity contribution is -0.137. The molecule has 0 aromatic heterocycles. The van der Waals surface area contributed by atoms with Crippen LogP contribution < -0.4 is 14.8 Å². The van der Waals surface area contributed by atoms with Gasteiger partial charge in [0.1, 0.15) is 19.8 Å². The maximum atomic E-state index is 12.1. The summed E-state index contributed by atoms with van der Waals surface area (Å²) < 4.78 is 16.1. The van der Waals surface area contributed by atoms with Gasteiger partial charge in [0.05, 0.1) is 12.5 Å². The number of carbonyl (C=O) groups excluding carboxylic acids is 1. The first kappa shape index (κ1) is 17.6. The van der Waals surface area contributed by atoms with Gasteiger partial charge in [0.2, 0.25) is 0 Å². The quantitative estimate of drug-likeness (QED) is 0.826. The number of benzene rings is 2. The Kier molecular flexibility index (Phi) is 5.58. The summed E-state index contributed by atoms with van der Waals surface area (Å²) >= 11 is 0. The Balaban J connectivity index is 1.67. The monoisotopic (exact) mass is 357 g/mol. The molecule has 1 heterocycles. The Labute approximate surface area is 150 Å². The zero-order valence-electron chi connectivity index (χ0n) is 14.0. The molecule has 0 saturated carbocycles. The number of amides is 1. The predicted octanol–water partition coefficient (Wildman–Crippen LogP) is 2.90. The number of ether oxygens (including phenoxy) is 3. The number of rotatable bonds is 6. The molecule has 1 amide bonds. The van der Waals surface area contributed by atoms with Crippen LogP contribution in [-0.4, -0.2) is 30.4 Å². The van der Waals surface area contributed by atoms with Crippen LogP contribution in [0.2, 0.25) is 0 Å². The first-order valence-corrected chi connectivity index (χ1v) is 8.20. The fraction of sp³-hybridized carbons (Fsp3) is 0.263. The summed E-state index contributed by atoms with van der Waals surface area (Å²) in [4.78, 5) is 23.3. The second kappa shape index (κ2) is 8.24. The van der Waals surface area contributed by atoms with Crippen molar-refractivity contribution in [3.63, 3.8) is 0 Å². The van der Waals surface area contributed by atoms with E-state index in [0.29, 0.717) is 30.3 Å². The van der Waals surface area contributed by atoms with Gasteiger partial charge in [0, 0.05) is 0 Å². The lowest BCUT2D eigenvalue weighted by atomic mass is 10.0. The van der Waals surface area contributed by atoms with Gasteiger partial charge in [0.15, 0.2) is 11.5 Å². The predicted molar refractivity (Wildman–Crippen MR) is 92.2 cm³/mol. The van der Waals surface area contributed by atoms with E-state index in [0.717, 1.165) is 5.56 Å². The van der Waals surface area contributed by atoms with Crippen LogP contribution in [0.3, 0.4) is 0 Å². The second-order valence-electron chi connectivity index (χ2n) is 5.76. The standard InChI is InChI=1S/C19H19NO6/c21-18(22)11-15(14-6-7-16-17(10-14)25-9-8-24-16)20-19(23)26-12-13-4-2-1-3-5-13/h1-7,10,15H,8-9,11-12H2,(H,20,23)(H,21,22)/t15-/m1/s1. The van der Waals surface area contributed by atoms with E-state index in [2.05, 4.69) is 5.32 Å². The van der Waals surface area contributed by atoms with Crippen LogP contribution in [0.5, 0.6) is 11.5 Å². The molecule has 0 aliphatic carbocycles. The van der Waals surface area contributed by atoms with Crippen LogP contribution in [0, 0.1) is 0 Å². The van der Waals surface area contributed by atoms with Gasteiger partial charge < -0.3 is 24.6 Å². The van der Waals surface area contributed by atoms with Gasteiger partial charge in [-0.1, -0.05) is 36.4 Å². The lowest BCUT2D eigenvalue weighted by Crippen LogP contribution is -2.30. The molecule has 1 atom stereocenters. The third kappa shape index (κ3) is 4.66. The molecule has 0 fully saturated rings.